The van der Waals surface area contributed by atoms with Crippen molar-refractivity contribution in [2.45, 2.75) is 31.9 Å². The lowest BCUT2D eigenvalue weighted by molar-refractivity contribution is -0.160. The van der Waals surface area contributed by atoms with Gasteiger partial charge in [0.25, 0.3) is 0 Å². The summed E-state index contributed by atoms with van der Waals surface area (Å²) >= 11 is 0. The van der Waals surface area contributed by atoms with Gasteiger partial charge in [0.05, 0.1) is 13.7 Å². The van der Waals surface area contributed by atoms with Crippen LogP contribution < -0.4 is 5.32 Å². The molecule has 15 heavy (non-hydrogen) atoms. The van der Waals surface area contributed by atoms with Crippen molar-refractivity contribution in [3.8, 4) is 0 Å². The van der Waals surface area contributed by atoms with Crippen molar-refractivity contribution in [3.05, 3.63) is 0 Å². The fraction of sp³-hybridized carbons (Fsp3) is 0.900. The Morgan fingerprint density at radius 2 is 2.13 bits per heavy atom. The van der Waals surface area contributed by atoms with Crippen molar-refractivity contribution in [3.63, 3.8) is 0 Å². The van der Waals surface area contributed by atoms with Gasteiger partial charge >= 0.3 is 5.97 Å². The zero-order valence-electron chi connectivity index (χ0n) is 9.87. The Bertz CT molecular complexity index is 194. The van der Waals surface area contributed by atoms with E-state index in [1.54, 1.807) is 7.11 Å². The molecule has 90 valence electrons. The molecule has 0 radical (unpaired) electrons. The Morgan fingerprint density at radius 3 is 2.53 bits per heavy atom. The Morgan fingerprint density at radius 1 is 1.53 bits per heavy atom. The summed E-state index contributed by atoms with van der Waals surface area (Å²) in [4.78, 5) is 11.1. The molecule has 2 atom stereocenters. The molecule has 2 N–H and O–H groups in total. The molecule has 5 nitrogen and oxygen atoms in total. The molecular weight excluding hydrogens is 198 g/mol. The Balaban J connectivity index is 4.05. The van der Waals surface area contributed by atoms with Crippen molar-refractivity contribution in [1.82, 2.24) is 5.32 Å². The van der Waals surface area contributed by atoms with Gasteiger partial charge in [-0.2, -0.15) is 0 Å². The molecular formula is C10H21NO4. The highest BCUT2D eigenvalue weighted by molar-refractivity contribution is 5.78. The van der Waals surface area contributed by atoms with Gasteiger partial charge in [-0.15, -0.1) is 0 Å². The fourth-order valence-electron chi connectivity index (χ4n) is 1.16. The number of hydrogen-bond acceptors (Lipinski definition) is 5. The number of esters is 1. The topological polar surface area (TPSA) is 67.8 Å². The maximum absolute atomic E-state index is 11.1. The third-order valence-corrected chi connectivity index (χ3v) is 2.22. The number of nitrogens with one attached hydrogen (secondary N) is 1. The Kier molecular flexibility index (Phi) is 6.47. The second-order valence-electron chi connectivity index (χ2n) is 3.71. The van der Waals surface area contributed by atoms with Crippen LogP contribution in [0.4, 0.5) is 0 Å². The van der Waals surface area contributed by atoms with Crippen molar-refractivity contribution in [2.24, 2.45) is 0 Å². The first-order valence-corrected chi connectivity index (χ1v) is 5.01. The van der Waals surface area contributed by atoms with Crippen molar-refractivity contribution in [1.29, 1.82) is 0 Å². The SMILES string of the molecule is CCC(COC)NCC(C)(O)C(=O)OC. The number of carbonyl (C=O) groups is 1. The molecule has 0 aromatic carbocycles. The van der Waals surface area contributed by atoms with Crippen LogP contribution in [-0.4, -0.2) is 50.1 Å². The summed E-state index contributed by atoms with van der Waals surface area (Å²) in [6, 6.07) is 0.131. The van der Waals surface area contributed by atoms with Gasteiger partial charge < -0.3 is 19.9 Å². The van der Waals surface area contributed by atoms with E-state index < -0.39 is 11.6 Å². The average Bonchev–Trinajstić information content (AvgIpc) is 2.22. The van der Waals surface area contributed by atoms with E-state index in [1.165, 1.54) is 14.0 Å². The van der Waals surface area contributed by atoms with E-state index in [1.807, 2.05) is 6.92 Å². The summed E-state index contributed by atoms with van der Waals surface area (Å²) in [6.45, 7) is 4.13. The van der Waals surface area contributed by atoms with Gasteiger partial charge in [0.15, 0.2) is 5.60 Å². The highest BCUT2D eigenvalue weighted by atomic mass is 16.5. The van der Waals surface area contributed by atoms with Gasteiger partial charge in [-0.05, 0) is 13.3 Å². The van der Waals surface area contributed by atoms with Crippen molar-refractivity contribution >= 4 is 5.97 Å². The zero-order chi connectivity index (χ0) is 11.9. The van der Waals surface area contributed by atoms with Crippen LogP contribution in [0, 0.1) is 0 Å². The third kappa shape index (κ3) is 5.11. The van der Waals surface area contributed by atoms with Gasteiger partial charge in [-0.1, -0.05) is 6.92 Å². The van der Waals surface area contributed by atoms with E-state index in [0.29, 0.717) is 6.61 Å². The van der Waals surface area contributed by atoms with Crippen molar-refractivity contribution < 1.29 is 19.4 Å². The van der Waals surface area contributed by atoms with Crippen LogP contribution in [0.3, 0.4) is 0 Å². The quantitative estimate of drug-likeness (QED) is 0.586. The highest BCUT2D eigenvalue weighted by Crippen LogP contribution is 2.05. The summed E-state index contributed by atoms with van der Waals surface area (Å²) in [5, 5.41) is 12.8. The molecule has 0 saturated carbocycles. The molecule has 0 aliphatic carbocycles. The van der Waals surface area contributed by atoms with Crippen LogP contribution in [0.1, 0.15) is 20.3 Å². The lowest BCUT2D eigenvalue weighted by Crippen LogP contribution is -2.49. The lowest BCUT2D eigenvalue weighted by Gasteiger charge is -2.24. The van der Waals surface area contributed by atoms with Crippen LogP contribution in [-0.2, 0) is 14.3 Å². The molecule has 0 aromatic rings. The Labute approximate surface area is 90.8 Å². The number of aliphatic hydroxyl groups is 1. The average molecular weight is 219 g/mol. The molecule has 2 unspecified atom stereocenters. The number of carbonyl (C=O) groups excluding carboxylic acids is 1. The molecule has 0 aliphatic rings. The van der Waals surface area contributed by atoms with Gasteiger partial charge in [0.1, 0.15) is 0 Å². The van der Waals surface area contributed by atoms with E-state index in [2.05, 4.69) is 10.1 Å². The van der Waals surface area contributed by atoms with E-state index in [9.17, 15) is 9.90 Å². The molecule has 5 heteroatoms. The molecule has 0 rings (SSSR count). The fourth-order valence-corrected chi connectivity index (χ4v) is 1.16. The minimum absolute atomic E-state index is 0.131. The largest absolute Gasteiger partial charge is 0.467 e. The second-order valence-corrected chi connectivity index (χ2v) is 3.71. The normalized spacial score (nSPS) is 16.9. The minimum Gasteiger partial charge on any atom is -0.467 e. The maximum atomic E-state index is 11.1. The van der Waals surface area contributed by atoms with Crippen molar-refractivity contribution in [2.75, 3.05) is 27.4 Å². The molecule has 0 bridgehead atoms. The molecule has 0 saturated heterocycles. The summed E-state index contributed by atoms with van der Waals surface area (Å²) < 4.78 is 9.47. The number of methoxy groups -OCH3 is 2. The van der Waals surface area contributed by atoms with Gasteiger partial charge in [0, 0.05) is 19.7 Å². The van der Waals surface area contributed by atoms with Crippen LogP contribution in [0.2, 0.25) is 0 Å². The number of hydrogen-bond donors (Lipinski definition) is 2. The monoisotopic (exact) mass is 219 g/mol. The molecule has 0 heterocycles. The van der Waals surface area contributed by atoms with Gasteiger partial charge in [-0.3, -0.25) is 0 Å². The first-order valence-electron chi connectivity index (χ1n) is 5.01. The predicted octanol–water partition coefficient (Wildman–Crippen LogP) is -0.0750. The van der Waals surface area contributed by atoms with Gasteiger partial charge in [-0.25, -0.2) is 4.79 Å². The summed E-state index contributed by atoms with van der Waals surface area (Å²) in [7, 11) is 2.87. The smallest absolute Gasteiger partial charge is 0.338 e. The Hall–Kier alpha value is -0.650. The molecule has 0 fully saturated rings. The van der Waals surface area contributed by atoms with Gasteiger partial charge in [0.2, 0.25) is 0 Å². The molecule has 0 aromatic heterocycles. The maximum Gasteiger partial charge on any atom is 0.338 e. The summed E-state index contributed by atoms with van der Waals surface area (Å²) in [5.41, 5.74) is -1.49. The first kappa shape index (κ1) is 14.3. The van der Waals surface area contributed by atoms with E-state index >= 15 is 0 Å². The standard InChI is InChI=1S/C10H21NO4/c1-5-8(6-14-3)11-7-10(2,13)9(12)15-4/h8,11,13H,5-7H2,1-4H3. The number of rotatable bonds is 7. The van der Waals surface area contributed by atoms with E-state index in [0.717, 1.165) is 6.42 Å². The van der Waals surface area contributed by atoms with Crippen LogP contribution in [0.25, 0.3) is 0 Å². The van der Waals surface area contributed by atoms with E-state index in [-0.39, 0.29) is 12.6 Å². The minimum atomic E-state index is -1.49. The summed E-state index contributed by atoms with van der Waals surface area (Å²) in [6.07, 6.45) is 0.866. The summed E-state index contributed by atoms with van der Waals surface area (Å²) in [5.74, 6) is -0.637. The number of ether oxygens (including phenoxy) is 2. The van der Waals surface area contributed by atoms with Crippen LogP contribution >= 0.6 is 0 Å². The second kappa shape index (κ2) is 6.76. The van der Waals surface area contributed by atoms with Crippen LogP contribution in [0.5, 0.6) is 0 Å². The first-order chi connectivity index (χ1) is 6.97. The third-order valence-electron chi connectivity index (χ3n) is 2.22. The van der Waals surface area contributed by atoms with E-state index in [4.69, 9.17) is 4.74 Å². The lowest BCUT2D eigenvalue weighted by atomic mass is 10.1. The molecule has 0 aliphatic heterocycles. The predicted molar refractivity (Wildman–Crippen MR) is 56.6 cm³/mol. The molecule has 0 spiro atoms. The highest BCUT2D eigenvalue weighted by Gasteiger charge is 2.31. The molecule has 0 amide bonds. The van der Waals surface area contributed by atoms with Crippen LogP contribution in [0.15, 0.2) is 0 Å². The zero-order valence-corrected chi connectivity index (χ0v) is 9.87.